The molecule has 6 heteroatoms. The van der Waals surface area contributed by atoms with E-state index in [-0.39, 0.29) is 0 Å². The van der Waals surface area contributed by atoms with E-state index in [1.807, 2.05) is 30.3 Å². The van der Waals surface area contributed by atoms with Crippen LogP contribution in [-0.4, -0.2) is 39.1 Å². The maximum absolute atomic E-state index is 12.2. The SMILES string of the molecule is COC(=O)[C@H]1C(=O)O[C@@](C)(OC)[C@H]1C(OC)c1ccccc1. The van der Waals surface area contributed by atoms with E-state index in [9.17, 15) is 9.59 Å². The lowest BCUT2D eigenvalue weighted by Gasteiger charge is -2.34. The zero-order chi connectivity index (χ0) is 16.3. The van der Waals surface area contributed by atoms with Crippen LogP contribution in [0.15, 0.2) is 30.3 Å². The smallest absolute Gasteiger partial charge is 0.323 e. The molecule has 0 aliphatic carbocycles. The fourth-order valence-corrected chi connectivity index (χ4v) is 2.91. The largest absolute Gasteiger partial charge is 0.468 e. The number of benzene rings is 1. The van der Waals surface area contributed by atoms with E-state index in [1.165, 1.54) is 21.3 Å². The summed E-state index contributed by atoms with van der Waals surface area (Å²) in [5, 5.41) is 0. The van der Waals surface area contributed by atoms with Gasteiger partial charge in [0.1, 0.15) is 0 Å². The number of carbonyl (C=O) groups is 2. The van der Waals surface area contributed by atoms with E-state index in [2.05, 4.69) is 0 Å². The van der Waals surface area contributed by atoms with Crippen LogP contribution in [0.1, 0.15) is 18.6 Å². The molecule has 1 aliphatic rings. The van der Waals surface area contributed by atoms with Crippen molar-refractivity contribution < 1.29 is 28.5 Å². The zero-order valence-corrected chi connectivity index (χ0v) is 13.1. The molecule has 4 atom stereocenters. The monoisotopic (exact) mass is 308 g/mol. The van der Waals surface area contributed by atoms with Crippen molar-refractivity contribution in [1.29, 1.82) is 0 Å². The number of methoxy groups -OCH3 is 3. The summed E-state index contributed by atoms with van der Waals surface area (Å²) >= 11 is 0. The lowest BCUT2D eigenvalue weighted by molar-refractivity contribution is -0.221. The summed E-state index contributed by atoms with van der Waals surface area (Å²) in [7, 11) is 4.18. The van der Waals surface area contributed by atoms with Crippen LogP contribution in [0.4, 0.5) is 0 Å². The summed E-state index contributed by atoms with van der Waals surface area (Å²) in [6, 6.07) is 9.31. The summed E-state index contributed by atoms with van der Waals surface area (Å²) in [5.74, 6) is -4.36. The summed E-state index contributed by atoms with van der Waals surface area (Å²) in [6.45, 7) is 1.62. The Labute approximate surface area is 129 Å². The number of rotatable bonds is 5. The number of ether oxygens (including phenoxy) is 4. The minimum Gasteiger partial charge on any atom is -0.468 e. The Morgan fingerprint density at radius 2 is 1.86 bits per heavy atom. The highest BCUT2D eigenvalue weighted by molar-refractivity contribution is 5.97. The third-order valence-electron chi connectivity index (χ3n) is 4.09. The highest BCUT2D eigenvalue weighted by atomic mass is 16.7. The molecule has 120 valence electrons. The van der Waals surface area contributed by atoms with Crippen molar-refractivity contribution in [2.24, 2.45) is 11.8 Å². The van der Waals surface area contributed by atoms with Crippen LogP contribution >= 0.6 is 0 Å². The average Bonchev–Trinajstić information content (AvgIpc) is 2.80. The van der Waals surface area contributed by atoms with E-state index < -0.39 is 35.7 Å². The molecule has 0 radical (unpaired) electrons. The van der Waals surface area contributed by atoms with Crippen molar-refractivity contribution in [3.63, 3.8) is 0 Å². The summed E-state index contributed by atoms with van der Waals surface area (Å²) in [4.78, 5) is 24.2. The Morgan fingerprint density at radius 1 is 1.23 bits per heavy atom. The van der Waals surface area contributed by atoms with Gasteiger partial charge in [-0.3, -0.25) is 9.59 Å². The zero-order valence-electron chi connectivity index (χ0n) is 13.1. The molecule has 6 nitrogen and oxygen atoms in total. The maximum Gasteiger partial charge on any atom is 0.323 e. The summed E-state index contributed by atoms with van der Waals surface area (Å²) in [6.07, 6.45) is -0.554. The predicted molar refractivity (Wildman–Crippen MR) is 76.7 cm³/mol. The van der Waals surface area contributed by atoms with Crippen molar-refractivity contribution >= 4 is 11.9 Å². The van der Waals surface area contributed by atoms with Crippen LogP contribution in [0, 0.1) is 11.8 Å². The molecule has 1 aliphatic heterocycles. The lowest BCUT2D eigenvalue weighted by Crippen LogP contribution is -2.42. The lowest BCUT2D eigenvalue weighted by atomic mass is 9.81. The van der Waals surface area contributed by atoms with E-state index in [0.717, 1.165) is 5.56 Å². The minimum atomic E-state index is -1.27. The van der Waals surface area contributed by atoms with Crippen molar-refractivity contribution in [3.05, 3.63) is 35.9 Å². The molecule has 1 aromatic rings. The number of esters is 2. The average molecular weight is 308 g/mol. The molecule has 1 unspecified atom stereocenters. The molecule has 0 amide bonds. The van der Waals surface area contributed by atoms with Crippen LogP contribution in [0.25, 0.3) is 0 Å². The number of carbonyl (C=O) groups excluding carboxylic acids is 2. The Kier molecular flexibility index (Phi) is 4.83. The van der Waals surface area contributed by atoms with Gasteiger partial charge in [0.15, 0.2) is 5.92 Å². The minimum absolute atomic E-state index is 0.554. The first-order chi connectivity index (χ1) is 10.5. The van der Waals surface area contributed by atoms with Crippen LogP contribution in [0.2, 0.25) is 0 Å². The van der Waals surface area contributed by atoms with Gasteiger partial charge < -0.3 is 18.9 Å². The number of cyclic esters (lactones) is 1. The second-order valence-corrected chi connectivity index (χ2v) is 5.23. The van der Waals surface area contributed by atoms with Gasteiger partial charge in [-0.2, -0.15) is 0 Å². The van der Waals surface area contributed by atoms with Gasteiger partial charge in [0.25, 0.3) is 0 Å². The first-order valence-electron chi connectivity index (χ1n) is 6.92. The van der Waals surface area contributed by atoms with Gasteiger partial charge in [0, 0.05) is 21.1 Å². The topological polar surface area (TPSA) is 71.1 Å². The van der Waals surface area contributed by atoms with Crippen molar-refractivity contribution in [1.82, 2.24) is 0 Å². The maximum atomic E-state index is 12.2. The first kappa shape index (κ1) is 16.5. The van der Waals surface area contributed by atoms with E-state index in [4.69, 9.17) is 18.9 Å². The molecule has 22 heavy (non-hydrogen) atoms. The predicted octanol–water partition coefficient (Wildman–Crippen LogP) is 1.70. The fourth-order valence-electron chi connectivity index (χ4n) is 2.91. The molecular weight excluding hydrogens is 288 g/mol. The number of hydrogen-bond donors (Lipinski definition) is 0. The second-order valence-electron chi connectivity index (χ2n) is 5.23. The van der Waals surface area contributed by atoms with Gasteiger partial charge in [-0.05, 0) is 5.56 Å². The molecule has 2 rings (SSSR count). The first-order valence-corrected chi connectivity index (χ1v) is 6.92. The van der Waals surface area contributed by atoms with Gasteiger partial charge in [0.2, 0.25) is 5.79 Å². The second kappa shape index (κ2) is 6.46. The molecule has 0 N–H and O–H groups in total. The van der Waals surface area contributed by atoms with E-state index in [0.29, 0.717) is 0 Å². The van der Waals surface area contributed by atoms with Crippen LogP contribution in [0.5, 0.6) is 0 Å². The highest BCUT2D eigenvalue weighted by Gasteiger charge is 2.60. The van der Waals surface area contributed by atoms with Crippen molar-refractivity contribution in [2.45, 2.75) is 18.8 Å². The number of hydrogen-bond acceptors (Lipinski definition) is 6. The molecule has 1 aromatic carbocycles. The van der Waals surface area contributed by atoms with Gasteiger partial charge in [0.05, 0.1) is 19.1 Å². The molecule has 0 spiro atoms. The normalized spacial score (nSPS) is 29.0. The van der Waals surface area contributed by atoms with Crippen molar-refractivity contribution in [2.75, 3.05) is 21.3 Å². The fraction of sp³-hybridized carbons (Fsp3) is 0.500. The Morgan fingerprint density at radius 3 is 2.36 bits per heavy atom. The van der Waals surface area contributed by atoms with Crippen LogP contribution < -0.4 is 0 Å². The molecule has 1 fully saturated rings. The van der Waals surface area contributed by atoms with Gasteiger partial charge in [-0.15, -0.1) is 0 Å². The highest BCUT2D eigenvalue weighted by Crippen LogP contribution is 2.47. The van der Waals surface area contributed by atoms with E-state index in [1.54, 1.807) is 6.92 Å². The Balaban J connectivity index is 2.48. The molecule has 0 aromatic heterocycles. The molecule has 0 saturated carbocycles. The van der Waals surface area contributed by atoms with Crippen molar-refractivity contribution in [3.8, 4) is 0 Å². The van der Waals surface area contributed by atoms with Gasteiger partial charge >= 0.3 is 11.9 Å². The standard InChI is InChI=1S/C16H20O6/c1-16(21-4)12(11(14(17)20-3)15(18)22-16)13(19-2)10-8-6-5-7-9-10/h5-9,11-13H,1-4H3/t11-,12+,13?,16+/m0/s1. The van der Waals surface area contributed by atoms with E-state index >= 15 is 0 Å². The van der Waals surface area contributed by atoms with Crippen LogP contribution in [-0.2, 0) is 28.5 Å². The molecule has 1 saturated heterocycles. The third kappa shape index (κ3) is 2.71. The molecule has 1 heterocycles. The molecular formula is C16H20O6. The summed E-state index contributed by atoms with van der Waals surface area (Å²) in [5.41, 5.74) is 0.825. The van der Waals surface area contributed by atoms with Crippen LogP contribution in [0.3, 0.4) is 0 Å². The molecule has 0 bridgehead atoms. The quantitative estimate of drug-likeness (QED) is 0.609. The van der Waals surface area contributed by atoms with Gasteiger partial charge in [-0.25, -0.2) is 0 Å². The third-order valence-corrected chi connectivity index (χ3v) is 4.09. The summed E-state index contributed by atoms with van der Waals surface area (Å²) < 4.78 is 21.0. The van der Waals surface area contributed by atoms with Gasteiger partial charge in [-0.1, -0.05) is 30.3 Å². The Bertz CT molecular complexity index is 543. The Hall–Kier alpha value is -1.92.